The van der Waals surface area contributed by atoms with Crippen LogP contribution in [-0.2, 0) is 11.3 Å². The molecule has 0 spiro atoms. The highest BCUT2D eigenvalue weighted by atomic mass is 16.2. The lowest BCUT2D eigenvalue weighted by Gasteiger charge is -2.38. The minimum absolute atomic E-state index is 0.0451. The molecular formula is C23H26N4O2. The van der Waals surface area contributed by atoms with E-state index in [0.29, 0.717) is 23.4 Å². The van der Waals surface area contributed by atoms with Crippen LogP contribution in [0.4, 0.5) is 5.69 Å². The maximum absolute atomic E-state index is 13.4. The van der Waals surface area contributed by atoms with Crippen molar-refractivity contribution < 1.29 is 9.59 Å². The number of nitrogens with zero attached hydrogens (tertiary/aromatic N) is 2. The summed E-state index contributed by atoms with van der Waals surface area (Å²) in [6.07, 6.45) is 3.89. The van der Waals surface area contributed by atoms with Crippen LogP contribution in [0.2, 0.25) is 0 Å². The molecule has 0 aliphatic heterocycles. The Bertz CT molecular complexity index is 917. The van der Waals surface area contributed by atoms with Crippen LogP contribution in [-0.4, -0.2) is 28.8 Å². The second kappa shape index (κ2) is 9.35. The van der Waals surface area contributed by atoms with E-state index in [1.807, 2.05) is 29.2 Å². The lowest BCUT2D eigenvalue weighted by atomic mass is 9.89. The van der Waals surface area contributed by atoms with Gasteiger partial charge in [-0.2, -0.15) is 5.26 Å². The molecule has 0 saturated heterocycles. The predicted octanol–water partition coefficient (Wildman–Crippen LogP) is 3.43. The maximum atomic E-state index is 13.4. The van der Waals surface area contributed by atoms with Gasteiger partial charge in [0.2, 0.25) is 5.91 Å². The Hall–Kier alpha value is -3.17. The molecule has 1 saturated carbocycles. The van der Waals surface area contributed by atoms with Crippen molar-refractivity contribution in [3.63, 3.8) is 0 Å². The lowest BCUT2D eigenvalue weighted by Crippen LogP contribution is -2.51. The third-order valence-electron chi connectivity index (χ3n) is 5.30. The van der Waals surface area contributed by atoms with Crippen molar-refractivity contribution in [2.45, 2.75) is 51.2 Å². The first-order chi connectivity index (χ1) is 14.0. The summed E-state index contributed by atoms with van der Waals surface area (Å²) in [6.45, 7) is 1.87. The van der Waals surface area contributed by atoms with E-state index in [1.165, 1.54) is 6.92 Å². The molecule has 1 aliphatic carbocycles. The van der Waals surface area contributed by atoms with Gasteiger partial charge in [-0.3, -0.25) is 9.59 Å². The number of hydrogen-bond donors (Lipinski definition) is 2. The van der Waals surface area contributed by atoms with Gasteiger partial charge in [0.15, 0.2) is 0 Å². The topological polar surface area (TPSA) is 99.2 Å². The van der Waals surface area contributed by atoms with Crippen LogP contribution in [0, 0.1) is 11.3 Å². The van der Waals surface area contributed by atoms with Crippen LogP contribution in [0.5, 0.6) is 0 Å². The molecule has 150 valence electrons. The third-order valence-corrected chi connectivity index (χ3v) is 5.30. The molecular weight excluding hydrogens is 364 g/mol. The van der Waals surface area contributed by atoms with Gasteiger partial charge in [-0.05, 0) is 54.8 Å². The highest BCUT2D eigenvalue weighted by molar-refractivity contribution is 5.94. The van der Waals surface area contributed by atoms with E-state index in [4.69, 9.17) is 11.0 Å². The van der Waals surface area contributed by atoms with Gasteiger partial charge in [-0.1, -0.05) is 25.0 Å². The van der Waals surface area contributed by atoms with Crippen LogP contribution in [0.3, 0.4) is 0 Å². The summed E-state index contributed by atoms with van der Waals surface area (Å²) in [6, 6.07) is 16.2. The van der Waals surface area contributed by atoms with Crippen LogP contribution < -0.4 is 11.1 Å². The van der Waals surface area contributed by atoms with Crippen molar-refractivity contribution in [3.05, 3.63) is 65.2 Å². The molecule has 29 heavy (non-hydrogen) atoms. The molecule has 2 aromatic carbocycles. The number of carbonyl (C=O) groups excluding carboxylic acids is 2. The number of rotatable bonds is 5. The summed E-state index contributed by atoms with van der Waals surface area (Å²) in [5.41, 5.74) is 9.09. The molecule has 0 aromatic heterocycles. The summed E-state index contributed by atoms with van der Waals surface area (Å²) in [4.78, 5) is 26.6. The van der Waals surface area contributed by atoms with Crippen molar-refractivity contribution in [2.75, 3.05) is 5.32 Å². The van der Waals surface area contributed by atoms with Gasteiger partial charge in [-0.15, -0.1) is 0 Å². The third kappa shape index (κ3) is 5.21. The summed E-state index contributed by atoms with van der Waals surface area (Å²) < 4.78 is 0. The van der Waals surface area contributed by atoms with Gasteiger partial charge in [0.1, 0.15) is 0 Å². The molecule has 6 nitrogen and oxygen atoms in total. The molecule has 3 N–H and O–H groups in total. The Morgan fingerprint density at radius 2 is 1.90 bits per heavy atom. The highest BCUT2D eigenvalue weighted by Crippen LogP contribution is 2.26. The summed E-state index contributed by atoms with van der Waals surface area (Å²) in [5.74, 6) is -0.233. The number of amides is 2. The summed E-state index contributed by atoms with van der Waals surface area (Å²) in [5, 5.41) is 11.8. The number of nitrogens with one attached hydrogen (secondary N) is 1. The maximum Gasteiger partial charge on any atom is 0.254 e. The minimum atomic E-state index is -0.137. The zero-order valence-corrected chi connectivity index (χ0v) is 16.6. The minimum Gasteiger partial charge on any atom is -0.330 e. The van der Waals surface area contributed by atoms with E-state index < -0.39 is 0 Å². The van der Waals surface area contributed by atoms with E-state index in [0.717, 1.165) is 31.2 Å². The fourth-order valence-electron chi connectivity index (χ4n) is 3.87. The van der Waals surface area contributed by atoms with Gasteiger partial charge < -0.3 is 16.0 Å². The summed E-state index contributed by atoms with van der Waals surface area (Å²) in [7, 11) is 0. The molecule has 0 heterocycles. The van der Waals surface area contributed by atoms with Gasteiger partial charge in [0.05, 0.1) is 11.6 Å². The molecule has 1 aliphatic rings. The monoisotopic (exact) mass is 390 g/mol. The van der Waals surface area contributed by atoms with Gasteiger partial charge in [0, 0.05) is 36.8 Å². The van der Waals surface area contributed by atoms with Crippen molar-refractivity contribution >= 4 is 17.5 Å². The Morgan fingerprint density at radius 3 is 2.55 bits per heavy atom. The Morgan fingerprint density at radius 1 is 1.17 bits per heavy atom. The first-order valence-corrected chi connectivity index (χ1v) is 9.91. The molecule has 2 atom stereocenters. The number of carbonyl (C=O) groups is 2. The van der Waals surface area contributed by atoms with E-state index >= 15 is 0 Å². The van der Waals surface area contributed by atoms with Gasteiger partial charge in [0.25, 0.3) is 5.91 Å². The molecule has 0 radical (unpaired) electrons. The number of hydrogen-bond acceptors (Lipinski definition) is 4. The average molecular weight is 390 g/mol. The molecule has 2 aromatic rings. The van der Waals surface area contributed by atoms with Crippen molar-refractivity contribution in [3.8, 4) is 6.07 Å². The fourth-order valence-corrected chi connectivity index (χ4v) is 3.87. The van der Waals surface area contributed by atoms with Crippen LogP contribution in [0.25, 0.3) is 0 Å². The van der Waals surface area contributed by atoms with Crippen LogP contribution in [0.1, 0.15) is 54.1 Å². The summed E-state index contributed by atoms with van der Waals surface area (Å²) >= 11 is 0. The van der Waals surface area contributed by atoms with Crippen molar-refractivity contribution in [1.82, 2.24) is 4.90 Å². The first kappa shape index (κ1) is 20.6. The van der Waals surface area contributed by atoms with Crippen LogP contribution >= 0.6 is 0 Å². The van der Waals surface area contributed by atoms with E-state index in [1.54, 1.807) is 24.3 Å². The lowest BCUT2D eigenvalue weighted by molar-refractivity contribution is -0.114. The normalized spacial score (nSPS) is 18.5. The number of benzene rings is 2. The Kier molecular flexibility index (Phi) is 6.63. The molecule has 1 fully saturated rings. The first-order valence-electron chi connectivity index (χ1n) is 9.91. The van der Waals surface area contributed by atoms with E-state index in [2.05, 4.69) is 11.4 Å². The molecule has 0 bridgehead atoms. The average Bonchev–Trinajstić information content (AvgIpc) is 2.72. The Labute approximate surface area is 171 Å². The van der Waals surface area contributed by atoms with Gasteiger partial charge >= 0.3 is 0 Å². The molecule has 6 heteroatoms. The second-order valence-corrected chi connectivity index (χ2v) is 7.52. The van der Waals surface area contributed by atoms with Crippen molar-refractivity contribution in [2.24, 2.45) is 5.73 Å². The smallest absolute Gasteiger partial charge is 0.254 e. The number of nitrogens with two attached hydrogens (primary N) is 1. The number of nitriles is 1. The highest BCUT2D eigenvalue weighted by Gasteiger charge is 2.31. The van der Waals surface area contributed by atoms with Gasteiger partial charge in [-0.25, -0.2) is 0 Å². The molecule has 2 unspecified atom stereocenters. The SMILES string of the molecule is CC(=O)Nc1cccc(CN(C(=O)c2ccc(C#N)cc2)C2CCCCC2N)c1. The number of anilines is 1. The fraction of sp³-hybridized carbons (Fsp3) is 0.348. The van der Waals surface area contributed by atoms with E-state index in [-0.39, 0.29) is 23.9 Å². The quantitative estimate of drug-likeness (QED) is 0.817. The molecule has 2 amide bonds. The second-order valence-electron chi connectivity index (χ2n) is 7.52. The zero-order valence-electron chi connectivity index (χ0n) is 16.6. The predicted molar refractivity (Wildman–Crippen MR) is 112 cm³/mol. The standard InChI is InChI=1S/C23H26N4O2/c1-16(28)26-20-6-4-5-18(13-20)15-27(22-8-3-2-7-21(22)25)23(29)19-11-9-17(14-24)10-12-19/h4-6,9-13,21-22H,2-3,7-8,15,25H2,1H3,(H,26,28). The zero-order chi connectivity index (χ0) is 20.8. The Balaban J connectivity index is 1.89. The largest absolute Gasteiger partial charge is 0.330 e. The molecule has 3 rings (SSSR count). The van der Waals surface area contributed by atoms with Crippen molar-refractivity contribution in [1.29, 1.82) is 5.26 Å². The van der Waals surface area contributed by atoms with Crippen LogP contribution in [0.15, 0.2) is 48.5 Å². The van der Waals surface area contributed by atoms with E-state index in [9.17, 15) is 9.59 Å².